The van der Waals surface area contributed by atoms with Crippen molar-refractivity contribution in [2.24, 2.45) is 11.8 Å². The minimum absolute atomic E-state index is 0.476. The van der Waals surface area contributed by atoms with Gasteiger partial charge < -0.3 is 5.32 Å². The molecule has 1 aromatic rings. The van der Waals surface area contributed by atoms with Crippen LogP contribution in [0.25, 0.3) is 0 Å². The van der Waals surface area contributed by atoms with Gasteiger partial charge in [-0.25, -0.2) is 0 Å². The molecule has 1 nitrogen and oxygen atoms in total. The SMILES string of the molecule is CC(NC1CCCC(C)C1C)c1ccc(Br)s1. The Bertz CT molecular complexity index is 363. The van der Waals surface area contributed by atoms with Gasteiger partial charge in [-0.05, 0) is 53.2 Å². The van der Waals surface area contributed by atoms with E-state index in [9.17, 15) is 0 Å². The molecule has 3 heteroatoms. The van der Waals surface area contributed by atoms with Gasteiger partial charge in [-0.15, -0.1) is 11.3 Å². The van der Waals surface area contributed by atoms with E-state index < -0.39 is 0 Å². The molecule has 0 saturated heterocycles. The molecule has 1 fully saturated rings. The van der Waals surface area contributed by atoms with E-state index >= 15 is 0 Å². The van der Waals surface area contributed by atoms with Gasteiger partial charge in [-0.3, -0.25) is 0 Å². The van der Waals surface area contributed by atoms with Gasteiger partial charge >= 0.3 is 0 Å². The Balaban J connectivity index is 1.96. The summed E-state index contributed by atoms with van der Waals surface area (Å²) in [5.41, 5.74) is 0. The summed E-state index contributed by atoms with van der Waals surface area (Å²) in [7, 11) is 0. The minimum atomic E-state index is 0.476. The van der Waals surface area contributed by atoms with Crippen molar-refractivity contribution in [3.63, 3.8) is 0 Å². The van der Waals surface area contributed by atoms with E-state index in [0.29, 0.717) is 12.1 Å². The average Bonchev–Trinajstić information content (AvgIpc) is 2.72. The third-order valence-electron chi connectivity index (χ3n) is 4.19. The Morgan fingerprint density at radius 3 is 2.76 bits per heavy atom. The molecular formula is C14H22BrNS. The Labute approximate surface area is 117 Å². The van der Waals surface area contributed by atoms with E-state index in [1.165, 1.54) is 27.9 Å². The molecule has 0 bridgehead atoms. The van der Waals surface area contributed by atoms with Gasteiger partial charge in [-0.1, -0.05) is 26.7 Å². The summed E-state index contributed by atoms with van der Waals surface area (Å²) in [6.45, 7) is 7.08. The standard InChI is InChI=1S/C14H22BrNS/c1-9-5-4-6-12(10(9)2)16-11(3)13-7-8-14(15)17-13/h7-12,16H,4-6H2,1-3H3. The molecule has 0 aromatic carbocycles. The molecule has 0 spiro atoms. The van der Waals surface area contributed by atoms with E-state index in [1.54, 1.807) is 0 Å². The molecule has 1 N–H and O–H groups in total. The molecule has 4 atom stereocenters. The lowest BCUT2D eigenvalue weighted by molar-refractivity contribution is 0.197. The van der Waals surface area contributed by atoms with Crippen molar-refractivity contribution in [3.8, 4) is 0 Å². The highest BCUT2D eigenvalue weighted by Crippen LogP contribution is 2.32. The predicted molar refractivity (Wildman–Crippen MR) is 79.5 cm³/mol. The van der Waals surface area contributed by atoms with Gasteiger partial charge in [0, 0.05) is 17.0 Å². The van der Waals surface area contributed by atoms with Crippen molar-refractivity contribution in [3.05, 3.63) is 20.8 Å². The van der Waals surface area contributed by atoms with Crippen molar-refractivity contribution in [1.82, 2.24) is 5.32 Å². The van der Waals surface area contributed by atoms with Crippen LogP contribution in [0.15, 0.2) is 15.9 Å². The largest absolute Gasteiger partial charge is 0.306 e. The first-order valence-corrected chi connectivity index (χ1v) is 8.20. The molecular weight excluding hydrogens is 294 g/mol. The van der Waals surface area contributed by atoms with Crippen LogP contribution < -0.4 is 5.32 Å². The fourth-order valence-electron chi connectivity index (χ4n) is 2.78. The lowest BCUT2D eigenvalue weighted by Gasteiger charge is -2.36. The number of thiophene rings is 1. The second-order valence-electron chi connectivity index (χ2n) is 5.40. The highest BCUT2D eigenvalue weighted by molar-refractivity contribution is 9.11. The summed E-state index contributed by atoms with van der Waals surface area (Å²) < 4.78 is 1.23. The van der Waals surface area contributed by atoms with E-state index in [1.807, 2.05) is 11.3 Å². The molecule has 4 unspecified atom stereocenters. The van der Waals surface area contributed by atoms with Gasteiger partial charge in [0.1, 0.15) is 0 Å². The number of hydrogen-bond donors (Lipinski definition) is 1. The first kappa shape index (κ1) is 13.6. The van der Waals surface area contributed by atoms with E-state index in [0.717, 1.165) is 11.8 Å². The molecule has 2 rings (SSSR count). The molecule has 0 aliphatic heterocycles. The smallest absolute Gasteiger partial charge is 0.0701 e. The van der Waals surface area contributed by atoms with E-state index in [4.69, 9.17) is 0 Å². The second kappa shape index (κ2) is 5.85. The second-order valence-corrected chi connectivity index (χ2v) is 7.90. The summed E-state index contributed by atoms with van der Waals surface area (Å²) in [4.78, 5) is 1.43. The molecule has 96 valence electrons. The van der Waals surface area contributed by atoms with Crippen molar-refractivity contribution in [2.75, 3.05) is 0 Å². The van der Waals surface area contributed by atoms with Crippen LogP contribution in [0.1, 0.15) is 51.0 Å². The summed E-state index contributed by atoms with van der Waals surface area (Å²) in [6.07, 6.45) is 4.12. The highest BCUT2D eigenvalue weighted by atomic mass is 79.9. The zero-order chi connectivity index (χ0) is 12.4. The van der Waals surface area contributed by atoms with Crippen LogP contribution in [0.3, 0.4) is 0 Å². The summed E-state index contributed by atoms with van der Waals surface area (Å²) in [6, 6.07) is 5.53. The van der Waals surface area contributed by atoms with Crippen LogP contribution in [0.4, 0.5) is 0 Å². The minimum Gasteiger partial charge on any atom is -0.306 e. The zero-order valence-electron chi connectivity index (χ0n) is 10.9. The van der Waals surface area contributed by atoms with Crippen LogP contribution >= 0.6 is 27.3 Å². The third-order valence-corrected chi connectivity index (χ3v) is 6.00. The predicted octanol–water partition coefficient (Wildman–Crippen LogP) is 4.99. The molecule has 1 heterocycles. The average molecular weight is 316 g/mol. The van der Waals surface area contributed by atoms with Gasteiger partial charge in [0.05, 0.1) is 3.79 Å². The maximum absolute atomic E-state index is 3.82. The maximum atomic E-state index is 3.82. The maximum Gasteiger partial charge on any atom is 0.0701 e. The summed E-state index contributed by atoms with van der Waals surface area (Å²) in [5.74, 6) is 1.66. The van der Waals surface area contributed by atoms with Crippen LogP contribution in [-0.4, -0.2) is 6.04 Å². The summed E-state index contributed by atoms with van der Waals surface area (Å²) in [5, 5.41) is 3.82. The number of hydrogen-bond acceptors (Lipinski definition) is 2. The fraction of sp³-hybridized carbons (Fsp3) is 0.714. The van der Waals surface area contributed by atoms with Crippen molar-refractivity contribution >= 4 is 27.3 Å². The Morgan fingerprint density at radius 2 is 2.12 bits per heavy atom. The van der Waals surface area contributed by atoms with E-state index in [2.05, 4.69) is 54.2 Å². The Morgan fingerprint density at radius 1 is 1.35 bits per heavy atom. The van der Waals surface area contributed by atoms with Crippen LogP contribution in [-0.2, 0) is 0 Å². The lowest BCUT2D eigenvalue weighted by Crippen LogP contribution is -2.41. The van der Waals surface area contributed by atoms with Gasteiger partial charge in [0.15, 0.2) is 0 Å². The van der Waals surface area contributed by atoms with Crippen molar-refractivity contribution in [1.29, 1.82) is 0 Å². The Kier molecular flexibility index (Phi) is 4.67. The molecule has 1 saturated carbocycles. The van der Waals surface area contributed by atoms with Crippen LogP contribution in [0.5, 0.6) is 0 Å². The number of rotatable bonds is 3. The molecule has 0 amide bonds. The fourth-order valence-corrected chi connectivity index (χ4v) is 4.22. The van der Waals surface area contributed by atoms with Crippen LogP contribution in [0, 0.1) is 11.8 Å². The van der Waals surface area contributed by atoms with Gasteiger partial charge in [0.2, 0.25) is 0 Å². The first-order chi connectivity index (χ1) is 8.08. The molecule has 1 aliphatic carbocycles. The van der Waals surface area contributed by atoms with E-state index in [-0.39, 0.29) is 0 Å². The monoisotopic (exact) mass is 315 g/mol. The molecule has 1 aromatic heterocycles. The molecule has 1 aliphatic rings. The zero-order valence-corrected chi connectivity index (χ0v) is 13.3. The molecule has 0 radical (unpaired) electrons. The van der Waals surface area contributed by atoms with Crippen LogP contribution in [0.2, 0.25) is 0 Å². The highest BCUT2D eigenvalue weighted by Gasteiger charge is 2.28. The van der Waals surface area contributed by atoms with Gasteiger partial charge in [0.25, 0.3) is 0 Å². The van der Waals surface area contributed by atoms with Crippen molar-refractivity contribution < 1.29 is 0 Å². The molecule has 17 heavy (non-hydrogen) atoms. The third kappa shape index (κ3) is 3.33. The lowest BCUT2D eigenvalue weighted by atomic mass is 9.78. The number of nitrogens with one attached hydrogen (secondary N) is 1. The Hall–Kier alpha value is 0.140. The summed E-state index contributed by atoms with van der Waals surface area (Å²) >= 11 is 5.38. The number of halogens is 1. The topological polar surface area (TPSA) is 12.0 Å². The van der Waals surface area contributed by atoms with Gasteiger partial charge in [-0.2, -0.15) is 0 Å². The normalized spacial score (nSPS) is 31.4. The van der Waals surface area contributed by atoms with Crippen molar-refractivity contribution in [2.45, 2.75) is 52.1 Å². The quantitative estimate of drug-likeness (QED) is 0.829. The first-order valence-electron chi connectivity index (χ1n) is 6.59.